The van der Waals surface area contributed by atoms with Gasteiger partial charge in [0.25, 0.3) is 0 Å². The highest BCUT2D eigenvalue weighted by atomic mass is 35.5. The van der Waals surface area contributed by atoms with Crippen LogP contribution in [0.2, 0.25) is 0 Å². The van der Waals surface area contributed by atoms with Crippen LogP contribution in [-0.4, -0.2) is 29.5 Å². The summed E-state index contributed by atoms with van der Waals surface area (Å²) in [5, 5.41) is 9.26. The van der Waals surface area contributed by atoms with Gasteiger partial charge in [0.05, 0.1) is 13.1 Å². The zero-order valence-electron chi connectivity index (χ0n) is 9.73. The Labute approximate surface area is 116 Å². The van der Waals surface area contributed by atoms with E-state index in [2.05, 4.69) is 0 Å². The molecular formula is C12H15ClFNO2S. The highest BCUT2D eigenvalue weighted by molar-refractivity contribution is 8.00. The number of rotatable bonds is 2. The largest absolute Gasteiger partial charge is 1.00 e. The zero-order chi connectivity index (χ0) is 12.3. The summed E-state index contributed by atoms with van der Waals surface area (Å²) in [7, 11) is 0. The van der Waals surface area contributed by atoms with Crippen molar-refractivity contribution in [2.24, 2.45) is 0 Å². The van der Waals surface area contributed by atoms with E-state index in [0.29, 0.717) is 23.2 Å². The van der Waals surface area contributed by atoms with Gasteiger partial charge in [0.1, 0.15) is 5.82 Å². The van der Waals surface area contributed by atoms with Crippen molar-refractivity contribution in [2.45, 2.75) is 23.0 Å². The summed E-state index contributed by atoms with van der Waals surface area (Å²) in [6, 6.07) is 6.56. The van der Waals surface area contributed by atoms with E-state index in [4.69, 9.17) is 5.11 Å². The van der Waals surface area contributed by atoms with Crippen LogP contribution in [0.1, 0.15) is 12.8 Å². The highest BCUT2D eigenvalue weighted by Crippen LogP contribution is 2.28. The molecule has 18 heavy (non-hydrogen) atoms. The van der Waals surface area contributed by atoms with Gasteiger partial charge < -0.3 is 17.5 Å². The summed E-state index contributed by atoms with van der Waals surface area (Å²) in [4.78, 5) is 12.3. The van der Waals surface area contributed by atoms with Crippen molar-refractivity contribution in [1.29, 1.82) is 0 Å². The summed E-state index contributed by atoms with van der Waals surface area (Å²) in [6.45, 7) is 1.31. The van der Waals surface area contributed by atoms with Crippen molar-refractivity contribution in [2.75, 3.05) is 13.1 Å². The van der Waals surface area contributed by atoms with Gasteiger partial charge in [0, 0.05) is 23.0 Å². The third kappa shape index (κ3) is 4.15. The number of likely N-dealkylation sites (tertiary alicyclic amines) is 1. The molecule has 3 nitrogen and oxygen atoms in total. The number of carboxylic acid groups (broad SMARTS) is 1. The summed E-state index contributed by atoms with van der Waals surface area (Å²) < 4.78 is 13.0. The molecule has 0 radical (unpaired) electrons. The molecular weight excluding hydrogens is 277 g/mol. The molecule has 0 saturated carbocycles. The van der Waals surface area contributed by atoms with Crippen LogP contribution in [0.4, 0.5) is 9.18 Å². The van der Waals surface area contributed by atoms with Gasteiger partial charge in [-0.3, -0.25) is 0 Å². The number of nitrogens with one attached hydrogen (secondary N) is 1. The van der Waals surface area contributed by atoms with Crippen LogP contribution < -0.4 is 17.3 Å². The predicted octanol–water partition coefficient (Wildman–Crippen LogP) is -1.35. The summed E-state index contributed by atoms with van der Waals surface area (Å²) in [5.74, 6) is -0.219. The maximum absolute atomic E-state index is 13.0. The van der Waals surface area contributed by atoms with E-state index in [9.17, 15) is 9.18 Å². The summed E-state index contributed by atoms with van der Waals surface area (Å²) in [5.41, 5.74) is 0. The maximum Gasteiger partial charge on any atom is 0.511 e. The minimum atomic E-state index is -0.765. The Hall–Kier alpha value is -0.780. The van der Waals surface area contributed by atoms with Crippen molar-refractivity contribution < 1.29 is 31.6 Å². The van der Waals surface area contributed by atoms with Gasteiger partial charge in [-0.1, -0.05) is 6.07 Å². The molecule has 100 valence electrons. The van der Waals surface area contributed by atoms with E-state index < -0.39 is 6.09 Å². The molecule has 0 unspecified atom stereocenters. The third-order valence-electron chi connectivity index (χ3n) is 2.94. The first-order valence-corrected chi connectivity index (χ1v) is 6.53. The predicted molar refractivity (Wildman–Crippen MR) is 64.0 cm³/mol. The first-order valence-electron chi connectivity index (χ1n) is 5.65. The molecule has 1 aliphatic rings. The molecule has 0 aliphatic carbocycles. The number of hydrogen-bond donors (Lipinski definition) is 2. The van der Waals surface area contributed by atoms with Crippen molar-refractivity contribution in [1.82, 2.24) is 0 Å². The van der Waals surface area contributed by atoms with Crippen LogP contribution in [-0.2, 0) is 0 Å². The van der Waals surface area contributed by atoms with Gasteiger partial charge in [0.2, 0.25) is 0 Å². The number of hydrogen-bond acceptors (Lipinski definition) is 2. The maximum atomic E-state index is 13.0. The van der Waals surface area contributed by atoms with Gasteiger partial charge >= 0.3 is 6.09 Å². The van der Waals surface area contributed by atoms with E-state index in [0.717, 1.165) is 17.7 Å². The molecule has 1 heterocycles. The Bertz CT molecular complexity index is 411. The molecule has 1 amide bonds. The van der Waals surface area contributed by atoms with Gasteiger partial charge in [-0.2, -0.15) is 4.79 Å². The molecule has 1 aliphatic heterocycles. The molecule has 0 bridgehead atoms. The lowest BCUT2D eigenvalue weighted by Gasteiger charge is -2.25. The molecule has 0 atom stereocenters. The molecule has 2 rings (SSSR count). The van der Waals surface area contributed by atoms with Gasteiger partial charge in [-0.15, -0.1) is 11.8 Å². The molecule has 1 saturated heterocycles. The minimum Gasteiger partial charge on any atom is -1.00 e. The molecule has 2 N–H and O–H groups in total. The van der Waals surface area contributed by atoms with Crippen molar-refractivity contribution >= 4 is 17.9 Å². The lowest BCUT2D eigenvalue weighted by atomic mass is 10.1. The smallest absolute Gasteiger partial charge is 0.511 e. The van der Waals surface area contributed by atoms with Crippen molar-refractivity contribution in [3.8, 4) is 0 Å². The fourth-order valence-electron chi connectivity index (χ4n) is 2.00. The lowest BCUT2D eigenvalue weighted by Crippen LogP contribution is -3.15. The second-order valence-electron chi connectivity index (χ2n) is 4.18. The Kier molecular flexibility index (Phi) is 5.91. The number of amides is 1. The van der Waals surface area contributed by atoms with Crippen LogP contribution in [0.15, 0.2) is 29.2 Å². The molecule has 1 fully saturated rings. The Morgan fingerprint density at radius 1 is 1.39 bits per heavy atom. The second-order valence-corrected chi connectivity index (χ2v) is 5.56. The van der Waals surface area contributed by atoms with Crippen LogP contribution in [0.25, 0.3) is 0 Å². The van der Waals surface area contributed by atoms with E-state index in [1.807, 2.05) is 6.07 Å². The van der Waals surface area contributed by atoms with Crippen molar-refractivity contribution in [3.05, 3.63) is 30.1 Å². The fourth-order valence-corrected chi connectivity index (χ4v) is 3.20. The van der Waals surface area contributed by atoms with Crippen LogP contribution >= 0.6 is 11.8 Å². The van der Waals surface area contributed by atoms with Crippen LogP contribution in [0.5, 0.6) is 0 Å². The fraction of sp³-hybridized carbons (Fsp3) is 0.417. The molecule has 1 aromatic carbocycles. The Balaban J connectivity index is 0.00000162. The first kappa shape index (κ1) is 15.3. The zero-order valence-corrected chi connectivity index (χ0v) is 11.3. The monoisotopic (exact) mass is 291 g/mol. The molecule has 0 spiro atoms. The van der Waals surface area contributed by atoms with Gasteiger partial charge in [0.15, 0.2) is 0 Å². The van der Waals surface area contributed by atoms with E-state index in [-0.39, 0.29) is 18.2 Å². The number of thioether (sulfide) groups is 1. The topological polar surface area (TPSA) is 41.7 Å². The Morgan fingerprint density at radius 3 is 2.61 bits per heavy atom. The average Bonchev–Trinajstić information content (AvgIpc) is 2.29. The standard InChI is InChI=1S/C12H14FNO2S.ClH/c13-9-2-1-3-11(8-9)17-10-4-6-14(7-5-10)12(15)16;/h1-3,8,10H,4-7H2,(H,15,16);1H. The first-order chi connectivity index (χ1) is 8.15. The van der Waals surface area contributed by atoms with Gasteiger partial charge in [-0.05, 0) is 18.2 Å². The quantitative estimate of drug-likeness (QED) is 0.708. The summed E-state index contributed by atoms with van der Waals surface area (Å²) >= 11 is 1.65. The van der Waals surface area contributed by atoms with E-state index in [1.54, 1.807) is 17.8 Å². The van der Waals surface area contributed by atoms with Crippen LogP contribution in [0, 0.1) is 5.82 Å². The number of piperidine rings is 1. The highest BCUT2D eigenvalue weighted by Gasteiger charge is 2.27. The average molecular weight is 292 g/mol. The minimum absolute atomic E-state index is 0. The third-order valence-corrected chi connectivity index (χ3v) is 4.27. The second kappa shape index (κ2) is 6.97. The number of quaternary nitrogens is 1. The normalized spacial score (nSPS) is 23.2. The summed E-state index contributed by atoms with van der Waals surface area (Å²) in [6.07, 6.45) is 0.963. The SMILES string of the molecule is O=C(O)[NH+]1CCC(Sc2cccc(F)c2)CC1.[Cl-]. The van der Waals surface area contributed by atoms with Crippen LogP contribution in [0.3, 0.4) is 0 Å². The molecule has 1 aromatic rings. The molecule has 6 heteroatoms. The lowest BCUT2D eigenvalue weighted by molar-refractivity contribution is -0.828. The van der Waals surface area contributed by atoms with E-state index >= 15 is 0 Å². The number of carbonyl (C=O) groups is 1. The van der Waals surface area contributed by atoms with Gasteiger partial charge in [-0.25, -0.2) is 9.29 Å². The number of halogens is 2. The number of benzene rings is 1. The van der Waals surface area contributed by atoms with Crippen molar-refractivity contribution in [3.63, 3.8) is 0 Å². The Morgan fingerprint density at radius 2 is 2.06 bits per heavy atom. The molecule has 0 aromatic heterocycles. The van der Waals surface area contributed by atoms with E-state index in [1.165, 1.54) is 12.1 Å².